The van der Waals surface area contributed by atoms with E-state index < -0.39 is 0 Å². The van der Waals surface area contributed by atoms with Crippen LogP contribution in [0.4, 0.5) is 0 Å². The molecule has 53 heavy (non-hydrogen) atoms. The van der Waals surface area contributed by atoms with Gasteiger partial charge in [0.15, 0.2) is 5.78 Å². The number of pyridine rings is 1. The molecule has 0 spiro atoms. The summed E-state index contributed by atoms with van der Waals surface area (Å²) in [5.41, 5.74) is 8.50. The fourth-order valence-electron chi connectivity index (χ4n) is 7.72. The molecule has 7 rings (SSSR count). The van der Waals surface area contributed by atoms with E-state index in [1.54, 1.807) is 0 Å². The van der Waals surface area contributed by atoms with E-state index in [1.807, 2.05) is 78.1 Å². The van der Waals surface area contributed by atoms with Crippen LogP contribution in [0.25, 0.3) is 55.5 Å². The number of hydrogen-bond donors (Lipinski definition) is 1. The van der Waals surface area contributed by atoms with Crippen LogP contribution in [0.1, 0.15) is 112 Å². The number of fused-ring (bicyclic) bond motifs is 8. The third kappa shape index (κ3) is 7.06. The predicted molar refractivity (Wildman–Crippen MR) is 215 cm³/mol. The molecule has 1 aliphatic carbocycles. The molecule has 1 radical (unpaired) electrons. The maximum Gasteiger partial charge on any atom is 0.164 e. The Morgan fingerprint density at radius 3 is 2.19 bits per heavy atom. The number of aromatic nitrogens is 1. The summed E-state index contributed by atoms with van der Waals surface area (Å²) in [5.74, 6) is 1.86. The van der Waals surface area contributed by atoms with Crippen LogP contribution in [0.2, 0.25) is 0 Å². The maximum absolute atomic E-state index is 12.2. The molecule has 3 heterocycles. The average Bonchev–Trinajstić information content (AvgIpc) is 3.79. The monoisotopic (exact) mass is 889 g/mol. The minimum atomic E-state index is -0.337. The molecule has 0 fully saturated rings. The number of rotatable bonds is 10. The molecule has 6 aromatic rings. The third-order valence-corrected chi connectivity index (χ3v) is 12.0. The number of furan rings is 2. The van der Waals surface area contributed by atoms with Gasteiger partial charge < -0.3 is 18.9 Å². The summed E-state index contributed by atoms with van der Waals surface area (Å²) in [7, 11) is 0. The van der Waals surface area contributed by atoms with Crippen LogP contribution in [0.5, 0.6) is 0 Å². The van der Waals surface area contributed by atoms with Gasteiger partial charge in [0.25, 0.3) is 0 Å². The number of aliphatic hydroxyl groups is 1. The molecule has 1 aliphatic rings. The summed E-state index contributed by atoms with van der Waals surface area (Å²) < 4.78 is 12.8. The molecule has 0 atom stereocenters. The molecule has 0 saturated carbocycles. The van der Waals surface area contributed by atoms with Gasteiger partial charge in [0.05, 0.1) is 0 Å². The number of carbonyl (C=O) groups is 1. The van der Waals surface area contributed by atoms with E-state index in [0.29, 0.717) is 5.92 Å². The zero-order valence-electron chi connectivity index (χ0n) is 33.0. The largest absolute Gasteiger partial charge is 0.512 e. The summed E-state index contributed by atoms with van der Waals surface area (Å²) in [6, 6.07) is 24.5. The van der Waals surface area contributed by atoms with Gasteiger partial charge in [-0.2, -0.15) is 0 Å². The van der Waals surface area contributed by atoms with Gasteiger partial charge in [-0.3, -0.25) is 4.79 Å². The first-order chi connectivity index (χ1) is 24.7. The minimum Gasteiger partial charge on any atom is -0.512 e. The molecule has 281 valence electrons. The van der Waals surface area contributed by atoms with Gasteiger partial charge in [-0.25, -0.2) is 0 Å². The Labute approximate surface area is 328 Å². The quantitative estimate of drug-likeness (QED) is 0.0842. The Balaban J connectivity index is 0.000000259. The van der Waals surface area contributed by atoms with Crippen molar-refractivity contribution >= 4 is 38.7 Å². The molecule has 1 N–H and O–H groups in total. The molecule has 0 saturated heterocycles. The van der Waals surface area contributed by atoms with Gasteiger partial charge in [0.2, 0.25) is 0 Å². The van der Waals surface area contributed by atoms with Gasteiger partial charge in [-0.05, 0) is 73.3 Å². The standard InChI is InChI=1S/C32H26NO2.C15H28O2.Ir/c1-18(2)16-19-12-13-26-24(17-19)28-30(34-26)23-10-7-9-22(27(23)32(28,3)4)29-31-21(14-15-33-29)20-8-5-6-11-25(20)35-31;1-7-14(5,8-2)12(16)11-13(17)15(6,9-3)10-4;/h5-8,10-15,17-18H,16H2,1-4H3;11,16H,7-10H2,1-6H3;/q-1;;/b;12-11-;. The van der Waals surface area contributed by atoms with Crippen molar-refractivity contribution in [2.24, 2.45) is 16.7 Å². The summed E-state index contributed by atoms with van der Waals surface area (Å²) in [5, 5.41) is 13.5. The van der Waals surface area contributed by atoms with E-state index in [1.165, 1.54) is 28.2 Å². The first-order valence-corrected chi connectivity index (χ1v) is 19.1. The van der Waals surface area contributed by atoms with Crippen LogP contribution in [-0.2, 0) is 36.7 Å². The van der Waals surface area contributed by atoms with Gasteiger partial charge in [-0.15, -0.1) is 29.3 Å². The van der Waals surface area contributed by atoms with Crippen LogP contribution < -0.4 is 0 Å². The summed E-state index contributed by atoms with van der Waals surface area (Å²) >= 11 is 0. The Bertz CT molecular complexity index is 2290. The van der Waals surface area contributed by atoms with Crippen LogP contribution in [-0.4, -0.2) is 15.9 Å². The van der Waals surface area contributed by atoms with Gasteiger partial charge >= 0.3 is 0 Å². The molecule has 0 amide bonds. The number of allylic oxidation sites excluding steroid dienone is 2. The Kier molecular flexibility index (Phi) is 11.7. The first kappa shape index (κ1) is 40.2. The molecule has 0 bridgehead atoms. The molecule has 5 nitrogen and oxygen atoms in total. The van der Waals surface area contributed by atoms with Crippen LogP contribution in [0, 0.1) is 22.8 Å². The zero-order chi connectivity index (χ0) is 37.6. The van der Waals surface area contributed by atoms with E-state index in [0.717, 1.165) is 82.2 Å². The summed E-state index contributed by atoms with van der Waals surface area (Å²) in [4.78, 5) is 17.0. The number of carbonyl (C=O) groups excluding carboxylic acids is 1. The molecular formula is C47H54IrNO4-. The fraction of sp³-hybridized carbons (Fsp3) is 0.404. The van der Waals surface area contributed by atoms with Crippen molar-refractivity contribution in [1.82, 2.24) is 4.98 Å². The van der Waals surface area contributed by atoms with Crippen molar-refractivity contribution in [2.45, 2.75) is 107 Å². The maximum atomic E-state index is 12.2. The third-order valence-electron chi connectivity index (χ3n) is 12.0. The second kappa shape index (κ2) is 15.4. The van der Waals surface area contributed by atoms with Crippen molar-refractivity contribution in [3.8, 4) is 22.6 Å². The van der Waals surface area contributed by atoms with E-state index in [9.17, 15) is 9.90 Å². The predicted octanol–water partition coefficient (Wildman–Crippen LogP) is 13.3. The molecule has 3 aromatic heterocycles. The topological polar surface area (TPSA) is 76.5 Å². The summed E-state index contributed by atoms with van der Waals surface area (Å²) in [6.45, 7) is 21.2. The van der Waals surface area contributed by atoms with Crippen LogP contribution >= 0.6 is 0 Å². The molecule has 3 aromatic carbocycles. The van der Waals surface area contributed by atoms with E-state index in [-0.39, 0.29) is 47.9 Å². The van der Waals surface area contributed by atoms with E-state index in [4.69, 9.17) is 13.8 Å². The van der Waals surface area contributed by atoms with E-state index >= 15 is 0 Å². The number of para-hydroxylation sites is 1. The number of ketones is 1. The molecular weight excluding hydrogens is 835 g/mol. The molecule has 0 unspecified atom stereocenters. The second-order valence-electron chi connectivity index (χ2n) is 16.1. The SMILES string of the molecule is CC(C)Cc1ccc2oc3c(c2c1)C(C)(C)c1c(-c2nccc4c2oc2ccccc24)[c-]ccc1-3.CCC(C)(CC)C(=O)/C=C(\O)C(C)(CC)CC.[Ir]. The number of hydrogen-bond acceptors (Lipinski definition) is 5. The Morgan fingerprint density at radius 1 is 0.868 bits per heavy atom. The number of aliphatic hydroxyl groups excluding tert-OH is 1. The van der Waals surface area contributed by atoms with Crippen molar-refractivity contribution in [2.75, 3.05) is 0 Å². The first-order valence-electron chi connectivity index (χ1n) is 19.1. The normalized spacial score (nSPS) is 13.9. The zero-order valence-corrected chi connectivity index (χ0v) is 35.4. The van der Waals surface area contributed by atoms with Gasteiger partial charge in [0, 0.05) is 70.6 Å². The number of nitrogens with zero attached hydrogens (tertiary/aromatic N) is 1. The Hall–Kier alpha value is -3.99. The average molecular weight is 889 g/mol. The van der Waals surface area contributed by atoms with E-state index in [2.05, 4.69) is 64.1 Å². The van der Waals surface area contributed by atoms with Crippen molar-refractivity contribution in [3.05, 3.63) is 101 Å². The van der Waals surface area contributed by atoms with Crippen molar-refractivity contribution in [3.63, 3.8) is 0 Å². The summed E-state index contributed by atoms with van der Waals surface area (Å²) in [6.07, 6.45) is 7.69. The van der Waals surface area contributed by atoms with Crippen LogP contribution in [0.15, 0.2) is 87.5 Å². The van der Waals surface area contributed by atoms with Crippen molar-refractivity contribution in [1.29, 1.82) is 0 Å². The van der Waals surface area contributed by atoms with Gasteiger partial charge in [-0.1, -0.05) is 99.1 Å². The number of benzene rings is 3. The smallest absolute Gasteiger partial charge is 0.164 e. The Morgan fingerprint density at radius 2 is 1.53 bits per heavy atom. The molecule has 6 heteroatoms. The van der Waals surface area contributed by atoms with Crippen molar-refractivity contribution < 1.29 is 38.8 Å². The minimum absolute atomic E-state index is 0. The van der Waals surface area contributed by atoms with Gasteiger partial charge in [0.1, 0.15) is 28.3 Å². The van der Waals surface area contributed by atoms with Crippen LogP contribution in [0.3, 0.4) is 0 Å². The molecule has 0 aliphatic heterocycles. The fourth-order valence-corrected chi connectivity index (χ4v) is 7.72. The second-order valence-corrected chi connectivity index (χ2v) is 16.1.